The van der Waals surface area contributed by atoms with Crippen LogP contribution in [0.2, 0.25) is 0 Å². The first kappa shape index (κ1) is 13.1. The number of hydrogen-bond donors (Lipinski definition) is 3. The number of benzene rings is 1. The first-order chi connectivity index (χ1) is 8.94. The summed E-state index contributed by atoms with van der Waals surface area (Å²) in [6.07, 6.45) is -0.190. The quantitative estimate of drug-likeness (QED) is 0.702. The van der Waals surface area contributed by atoms with Gasteiger partial charge >= 0.3 is 12.0 Å². The van der Waals surface area contributed by atoms with Crippen LogP contribution in [0.5, 0.6) is 0 Å². The van der Waals surface area contributed by atoms with Crippen molar-refractivity contribution in [3.05, 3.63) is 35.4 Å². The van der Waals surface area contributed by atoms with E-state index >= 15 is 0 Å². The fraction of sp³-hybridized carbons (Fsp3) is 0.308. The summed E-state index contributed by atoms with van der Waals surface area (Å²) in [6.45, 7) is 1.90. The van der Waals surface area contributed by atoms with Crippen molar-refractivity contribution < 1.29 is 19.5 Å². The summed E-state index contributed by atoms with van der Waals surface area (Å²) in [5.41, 5.74) is 0.313. The van der Waals surface area contributed by atoms with Crippen molar-refractivity contribution in [1.29, 1.82) is 0 Å². The zero-order valence-corrected chi connectivity index (χ0v) is 10.4. The Morgan fingerprint density at radius 3 is 2.37 bits per heavy atom. The SMILES string of the molecule is Cc1ccc(C2(CCC(=O)O)NC(=O)NC2=O)cc1. The minimum absolute atomic E-state index is 0.0168. The topological polar surface area (TPSA) is 95.5 Å². The van der Waals surface area contributed by atoms with E-state index in [0.717, 1.165) is 5.56 Å². The third-order valence-corrected chi connectivity index (χ3v) is 3.20. The van der Waals surface area contributed by atoms with Gasteiger partial charge in [0.15, 0.2) is 0 Å². The Morgan fingerprint density at radius 1 is 1.26 bits per heavy atom. The number of nitrogens with one attached hydrogen (secondary N) is 2. The average molecular weight is 262 g/mol. The molecule has 0 aliphatic carbocycles. The van der Waals surface area contributed by atoms with Gasteiger partial charge in [0.05, 0.1) is 0 Å². The van der Waals surface area contributed by atoms with Crippen LogP contribution in [0.4, 0.5) is 4.79 Å². The first-order valence-corrected chi connectivity index (χ1v) is 5.86. The number of carboxylic acids is 1. The lowest BCUT2D eigenvalue weighted by Gasteiger charge is -2.26. The van der Waals surface area contributed by atoms with Gasteiger partial charge in [0.2, 0.25) is 0 Å². The van der Waals surface area contributed by atoms with Gasteiger partial charge in [0.25, 0.3) is 5.91 Å². The summed E-state index contributed by atoms with van der Waals surface area (Å²) < 4.78 is 0. The largest absolute Gasteiger partial charge is 0.481 e. The molecular weight excluding hydrogens is 248 g/mol. The fourth-order valence-corrected chi connectivity index (χ4v) is 2.15. The summed E-state index contributed by atoms with van der Waals surface area (Å²) in [5, 5.41) is 13.5. The molecule has 2 rings (SSSR count). The maximum absolute atomic E-state index is 12.0. The molecule has 6 heteroatoms. The van der Waals surface area contributed by atoms with Crippen LogP contribution in [0.1, 0.15) is 24.0 Å². The van der Waals surface area contributed by atoms with Crippen molar-refractivity contribution in [3.8, 4) is 0 Å². The normalized spacial score (nSPS) is 21.9. The fourth-order valence-electron chi connectivity index (χ4n) is 2.15. The smallest absolute Gasteiger partial charge is 0.322 e. The molecular formula is C13H14N2O4. The monoisotopic (exact) mass is 262 g/mol. The van der Waals surface area contributed by atoms with Crippen LogP contribution in [0.3, 0.4) is 0 Å². The lowest BCUT2D eigenvalue weighted by Crippen LogP contribution is -2.44. The number of aryl methyl sites for hydroxylation is 1. The van der Waals surface area contributed by atoms with Gasteiger partial charge in [-0.1, -0.05) is 29.8 Å². The van der Waals surface area contributed by atoms with E-state index in [9.17, 15) is 14.4 Å². The molecule has 1 saturated heterocycles. The third kappa shape index (κ3) is 2.42. The summed E-state index contributed by atoms with van der Waals surface area (Å²) >= 11 is 0. The Hall–Kier alpha value is -2.37. The summed E-state index contributed by atoms with van der Waals surface area (Å²) in [6, 6.07) is 6.48. The molecule has 0 bridgehead atoms. The number of aliphatic carboxylic acids is 1. The highest BCUT2D eigenvalue weighted by atomic mass is 16.4. The van der Waals surface area contributed by atoms with Crippen LogP contribution in [-0.4, -0.2) is 23.0 Å². The molecule has 6 nitrogen and oxygen atoms in total. The van der Waals surface area contributed by atoms with Crippen molar-refractivity contribution >= 4 is 17.9 Å². The molecule has 0 radical (unpaired) electrons. The molecule has 1 aromatic rings. The zero-order chi connectivity index (χ0) is 14.0. The maximum Gasteiger partial charge on any atom is 0.322 e. The standard InChI is InChI=1S/C13H14N2O4/c1-8-2-4-9(5-3-8)13(7-6-10(16)17)11(18)14-12(19)15-13/h2-5H,6-7H2,1H3,(H,16,17)(H2,14,15,18,19). The number of imide groups is 1. The number of carbonyl (C=O) groups excluding carboxylic acids is 2. The third-order valence-electron chi connectivity index (χ3n) is 3.20. The van der Waals surface area contributed by atoms with Gasteiger partial charge in [-0.2, -0.15) is 0 Å². The Labute approximate surface area is 109 Å². The molecule has 1 heterocycles. The van der Waals surface area contributed by atoms with E-state index in [1.165, 1.54) is 0 Å². The molecule has 3 N–H and O–H groups in total. The highest BCUT2D eigenvalue weighted by Gasteiger charge is 2.47. The number of hydrogen-bond acceptors (Lipinski definition) is 3. The van der Waals surface area contributed by atoms with Gasteiger partial charge in [0, 0.05) is 6.42 Å². The minimum Gasteiger partial charge on any atom is -0.481 e. The Bertz CT molecular complexity index is 538. The molecule has 0 spiro atoms. The second-order valence-electron chi connectivity index (χ2n) is 4.57. The Balaban J connectivity index is 2.39. The molecule has 1 aromatic carbocycles. The number of carboxylic acid groups (broad SMARTS) is 1. The number of carbonyl (C=O) groups is 3. The van der Waals surface area contributed by atoms with Crippen molar-refractivity contribution in [1.82, 2.24) is 10.6 Å². The van der Waals surface area contributed by atoms with Gasteiger partial charge in [0.1, 0.15) is 5.54 Å². The van der Waals surface area contributed by atoms with Crippen molar-refractivity contribution in [2.24, 2.45) is 0 Å². The van der Waals surface area contributed by atoms with E-state index in [1.807, 2.05) is 19.1 Å². The molecule has 100 valence electrons. The second kappa shape index (κ2) is 4.72. The van der Waals surface area contributed by atoms with Crippen LogP contribution in [-0.2, 0) is 15.1 Å². The van der Waals surface area contributed by atoms with Crippen LogP contribution in [0.25, 0.3) is 0 Å². The molecule has 1 aliphatic rings. The molecule has 0 aromatic heterocycles. The van der Waals surface area contributed by atoms with E-state index < -0.39 is 23.4 Å². The number of urea groups is 1. The molecule has 0 saturated carbocycles. The number of rotatable bonds is 4. The van der Waals surface area contributed by atoms with Gasteiger partial charge in [-0.15, -0.1) is 0 Å². The summed E-state index contributed by atoms with van der Waals surface area (Å²) in [5.74, 6) is -1.52. The second-order valence-corrected chi connectivity index (χ2v) is 4.57. The van der Waals surface area contributed by atoms with Gasteiger partial charge in [-0.3, -0.25) is 14.9 Å². The lowest BCUT2D eigenvalue weighted by molar-refractivity contribution is -0.137. The van der Waals surface area contributed by atoms with E-state index in [-0.39, 0.29) is 12.8 Å². The highest BCUT2D eigenvalue weighted by molar-refractivity contribution is 6.07. The van der Waals surface area contributed by atoms with E-state index in [0.29, 0.717) is 5.56 Å². The molecule has 19 heavy (non-hydrogen) atoms. The summed E-state index contributed by atoms with van der Waals surface area (Å²) in [7, 11) is 0. The van der Waals surface area contributed by atoms with Gasteiger partial charge in [-0.05, 0) is 18.9 Å². The zero-order valence-electron chi connectivity index (χ0n) is 10.4. The van der Waals surface area contributed by atoms with Crippen LogP contribution in [0, 0.1) is 6.92 Å². The van der Waals surface area contributed by atoms with Gasteiger partial charge in [-0.25, -0.2) is 4.79 Å². The lowest BCUT2D eigenvalue weighted by atomic mass is 9.85. The Kier molecular flexibility index (Phi) is 3.25. The minimum atomic E-state index is -1.29. The molecule has 1 fully saturated rings. The molecule has 1 aliphatic heterocycles. The first-order valence-electron chi connectivity index (χ1n) is 5.86. The number of amides is 3. The highest BCUT2D eigenvalue weighted by Crippen LogP contribution is 2.30. The van der Waals surface area contributed by atoms with Crippen molar-refractivity contribution in [2.75, 3.05) is 0 Å². The predicted molar refractivity (Wildman–Crippen MR) is 66.4 cm³/mol. The van der Waals surface area contributed by atoms with Crippen LogP contribution < -0.4 is 10.6 Å². The van der Waals surface area contributed by atoms with E-state index in [4.69, 9.17) is 5.11 Å². The predicted octanol–water partition coefficient (Wildman–Crippen LogP) is 0.895. The van der Waals surface area contributed by atoms with E-state index in [2.05, 4.69) is 10.6 Å². The molecule has 3 amide bonds. The van der Waals surface area contributed by atoms with Crippen molar-refractivity contribution in [3.63, 3.8) is 0 Å². The average Bonchev–Trinajstić information content (AvgIpc) is 2.63. The molecule has 1 unspecified atom stereocenters. The summed E-state index contributed by atoms with van der Waals surface area (Å²) in [4.78, 5) is 34.1. The Morgan fingerprint density at radius 2 is 1.89 bits per heavy atom. The van der Waals surface area contributed by atoms with Gasteiger partial charge < -0.3 is 10.4 Å². The maximum atomic E-state index is 12.0. The van der Waals surface area contributed by atoms with E-state index in [1.54, 1.807) is 12.1 Å². The van der Waals surface area contributed by atoms with Crippen molar-refractivity contribution in [2.45, 2.75) is 25.3 Å². The van der Waals surface area contributed by atoms with Crippen LogP contribution >= 0.6 is 0 Å². The molecule has 1 atom stereocenters. The van der Waals surface area contributed by atoms with Crippen LogP contribution in [0.15, 0.2) is 24.3 Å².